The molecule has 0 unspecified atom stereocenters. The Morgan fingerprint density at radius 3 is 2.58 bits per heavy atom. The highest BCUT2D eigenvalue weighted by Crippen LogP contribution is 2.09. The van der Waals surface area contributed by atoms with Gasteiger partial charge in [-0.2, -0.15) is 13.9 Å². The van der Waals surface area contributed by atoms with Gasteiger partial charge in [-0.15, -0.1) is 4.28 Å². The summed E-state index contributed by atoms with van der Waals surface area (Å²) in [6.45, 7) is 3.57. The van der Waals surface area contributed by atoms with Crippen molar-refractivity contribution in [3.05, 3.63) is 18.2 Å². The molecule has 0 bridgehead atoms. The van der Waals surface area contributed by atoms with Crippen molar-refractivity contribution in [2.75, 3.05) is 6.54 Å². The Morgan fingerprint density at radius 1 is 1.38 bits per heavy atom. The Morgan fingerprint density at radius 2 is 2.08 bits per heavy atom. The molecule has 0 aliphatic heterocycles. The minimum absolute atomic E-state index is 0.0747. The van der Waals surface area contributed by atoms with Crippen LogP contribution in [0.1, 0.15) is 32.4 Å². The molecule has 0 radical (unpaired) electrons. The molecule has 13 heteroatoms. The van der Waals surface area contributed by atoms with Crippen LogP contribution >= 0.6 is 0 Å². The molecule has 1 heterocycles. The van der Waals surface area contributed by atoms with Crippen molar-refractivity contribution in [1.82, 2.24) is 25.4 Å². The Balaban J connectivity index is 2.68. The second kappa shape index (κ2) is 10.1. The Hall–Kier alpha value is -2.22. The maximum Gasteiger partial charge on any atom is 0.418 e. The molecule has 26 heavy (non-hydrogen) atoms. The van der Waals surface area contributed by atoms with Crippen molar-refractivity contribution in [3.8, 4) is 0 Å². The van der Waals surface area contributed by atoms with E-state index in [-0.39, 0.29) is 13.2 Å². The number of amides is 3. The summed E-state index contributed by atoms with van der Waals surface area (Å²) < 4.78 is 35.2. The summed E-state index contributed by atoms with van der Waals surface area (Å²) in [6.07, 6.45) is 4.03. The fourth-order valence-corrected chi connectivity index (χ4v) is 2.30. The molecule has 1 rings (SSSR count). The predicted octanol–water partition coefficient (Wildman–Crippen LogP) is -0.0975. The molecule has 0 aromatic carbocycles. The van der Waals surface area contributed by atoms with Gasteiger partial charge in [-0.1, -0.05) is 13.3 Å². The molecule has 3 amide bonds. The van der Waals surface area contributed by atoms with Gasteiger partial charge in [0.05, 0.1) is 18.2 Å². The fraction of sp³-hybridized carbons (Fsp3) is 0.615. The molecule has 0 aliphatic carbocycles. The molecule has 148 valence electrons. The predicted molar refractivity (Wildman–Crippen MR) is 88.4 cm³/mol. The number of carbonyl (C=O) groups is 2. The zero-order valence-electron chi connectivity index (χ0n) is 14.7. The van der Waals surface area contributed by atoms with Gasteiger partial charge in [-0.25, -0.2) is 15.3 Å². The number of nitrogens with zero attached hydrogens (tertiary/aromatic N) is 3. The van der Waals surface area contributed by atoms with E-state index in [0.717, 1.165) is 10.6 Å². The molecule has 0 spiro atoms. The average Bonchev–Trinajstić information content (AvgIpc) is 2.97. The number of urea groups is 1. The molecule has 1 aromatic rings. The summed E-state index contributed by atoms with van der Waals surface area (Å²) >= 11 is 0. The van der Waals surface area contributed by atoms with Crippen molar-refractivity contribution >= 4 is 22.3 Å². The van der Waals surface area contributed by atoms with Crippen LogP contribution in [0.3, 0.4) is 0 Å². The molecular formula is C13H23N5O7S. The van der Waals surface area contributed by atoms with E-state index < -0.39 is 28.4 Å². The van der Waals surface area contributed by atoms with E-state index in [1.54, 1.807) is 36.5 Å². The third kappa shape index (κ3) is 6.95. The molecule has 0 fully saturated rings. The number of hydrogen-bond acceptors (Lipinski definition) is 7. The Kier molecular flexibility index (Phi) is 8.44. The van der Waals surface area contributed by atoms with Gasteiger partial charge in [0.2, 0.25) is 0 Å². The van der Waals surface area contributed by atoms with Crippen LogP contribution in [-0.2, 0) is 38.0 Å². The fourth-order valence-electron chi connectivity index (χ4n) is 2.13. The van der Waals surface area contributed by atoms with Crippen molar-refractivity contribution in [1.29, 1.82) is 0 Å². The van der Waals surface area contributed by atoms with E-state index in [1.807, 2.05) is 6.92 Å². The summed E-state index contributed by atoms with van der Waals surface area (Å²) in [5.41, 5.74) is 4.56. The normalized spacial score (nSPS) is 12.5. The van der Waals surface area contributed by atoms with Crippen LogP contribution in [0, 0.1) is 0 Å². The van der Waals surface area contributed by atoms with Crippen LogP contribution in [0.4, 0.5) is 4.79 Å². The number of rotatable bonds is 10. The standard InChI is InChI=1S/C13H23N5O7S/c1-4-6-11(18(5-2)13(20)16-25-26(21,22)23)12(19)15-24-8-10-7-14-9-17(10)3/h7,9,11H,4-6,8H2,1-3H3,(H,15,19)(H,16,20)(H,21,22,23)/t11-/m0/s1. The summed E-state index contributed by atoms with van der Waals surface area (Å²) in [5, 5.41) is 0. The highest BCUT2D eigenvalue weighted by Gasteiger charge is 2.29. The van der Waals surface area contributed by atoms with Gasteiger partial charge in [0, 0.05) is 13.6 Å². The summed E-state index contributed by atoms with van der Waals surface area (Å²) in [4.78, 5) is 34.5. The molecule has 1 atom stereocenters. The van der Waals surface area contributed by atoms with Gasteiger partial charge >= 0.3 is 16.4 Å². The summed E-state index contributed by atoms with van der Waals surface area (Å²) in [5.74, 6) is -0.585. The number of aryl methyl sites for hydroxylation is 1. The SMILES string of the molecule is CCC[C@@H](C(=O)NOCc1cncn1C)N(CC)C(=O)NOS(=O)(=O)O. The first-order chi connectivity index (χ1) is 12.2. The lowest BCUT2D eigenvalue weighted by Crippen LogP contribution is -2.52. The van der Waals surface area contributed by atoms with Crippen LogP contribution in [0.25, 0.3) is 0 Å². The topological polar surface area (TPSA) is 152 Å². The minimum atomic E-state index is -4.85. The van der Waals surface area contributed by atoms with Gasteiger partial charge in [0.25, 0.3) is 5.91 Å². The van der Waals surface area contributed by atoms with E-state index in [0.29, 0.717) is 12.8 Å². The van der Waals surface area contributed by atoms with Crippen molar-refractivity contribution in [2.24, 2.45) is 7.05 Å². The van der Waals surface area contributed by atoms with Crippen LogP contribution in [0.5, 0.6) is 0 Å². The third-order valence-corrected chi connectivity index (χ3v) is 3.68. The van der Waals surface area contributed by atoms with Crippen LogP contribution < -0.4 is 11.0 Å². The average molecular weight is 393 g/mol. The van der Waals surface area contributed by atoms with Crippen molar-refractivity contribution in [2.45, 2.75) is 39.3 Å². The maximum atomic E-state index is 12.4. The van der Waals surface area contributed by atoms with E-state index in [9.17, 15) is 18.0 Å². The molecule has 12 nitrogen and oxygen atoms in total. The Labute approximate surface area is 151 Å². The monoisotopic (exact) mass is 393 g/mol. The van der Waals surface area contributed by atoms with E-state index in [1.165, 1.54) is 0 Å². The third-order valence-electron chi connectivity index (χ3n) is 3.39. The van der Waals surface area contributed by atoms with Gasteiger partial charge in [-0.3, -0.25) is 14.2 Å². The lowest BCUT2D eigenvalue weighted by atomic mass is 10.1. The number of likely N-dealkylation sites (N-methyl/N-ethyl adjacent to an activating group) is 1. The summed E-state index contributed by atoms with van der Waals surface area (Å²) in [6, 6.07) is -1.92. The first-order valence-corrected chi connectivity index (χ1v) is 9.15. The smallest absolute Gasteiger partial charge is 0.336 e. The van der Waals surface area contributed by atoms with Crippen LogP contribution in [0.2, 0.25) is 0 Å². The van der Waals surface area contributed by atoms with Gasteiger partial charge in [-0.05, 0) is 13.3 Å². The number of nitrogens with one attached hydrogen (secondary N) is 2. The largest absolute Gasteiger partial charge is 0.418 e. The minimum Gasteiger partial charge on any atom is -0.336 e. The van der Waals surface area contributed by atoms with Crippen LogP contribution in [-0.4, -0.2) is 51.9 Å². The number of imidazole rings is 1. The molecule has 0 saturated heterocycles. The number of carbonyl (C=O) groups excluding carboxylic acids is 2. The second-order valence-corrected chi connectivity index (χ2v) is 6.28. The van der Waals surface area contributed by atoms with E-state index in [2.05, 4.69) is 14.7 Å². The molecule has 0 saturated carbocycles. The first-order valence-electron chi connectivity index (χ1n) is 7.78. The van der Waals surface area contributed by atoms with E-state index >= 15 is 0 Å². The first kappa shape index (κ1) is 21.8. The summed E-state index contributed by atoms with van der Waals surface area (Å²) in [7, 11) is -3.09. The zero-order valence-corrected chi connectivity index (χ0v) is 15.5. The van der Waals surface area contributed by atoms with Crippen LogP contribution in [0.15, 0.2) is 12.5 Å². The van der Waals surface area contributed by atoms with Crippen molar-refractivity contribution in [3.63, 3.8) is 0 Å². The Bertz CT molecular complexity index is 705. The van der Waals surface area contributed by atoms with Gasteiger partial charge in [0.1, 0.15) is 12.6 Å². The van der Waals surface area contributed by atoms with Gasteiger partial charge < -0.3 is 9.47 Å². The van der Waals surface area contributed by atoms with Crippen molar-refractivity contribution < 1.29 is 31.7 Å². The molecule has 3 N–H and O–H groups in total. The zero-order chi connectivity index (χ0) is 19.7. The highest BCUT2D eigenvalue weighted by molar-refractivity contribution is 7.80. The lowest BCUT2D eigenvalue weighted by molar-refractivity contribution is -0.139. The highest BCUT2D eigenvalue weighted by atomic mass is 32.3. The quantitative estimate of drug-likeness (QED) is 0.368. The number of hydroxylamine groups is 2. The van der Waals surface area contributed by atoms with Gasteiger partial charge in [0.15, 0.2) is 0 Å². The van der Waals surface area contributed by atoms with E-state index in [4.69, 9.17) is 9.39 Å². The molecule has 0 aliphatic rings. The second-order valence-electron chi connectivity index (χ2n) is 5.26. The molecule has 1 aromatic heterocycles. The number of aromatic nitrogens is 2. The molecular weight excluding hydrogens is 370 g/mol. The number of hydrogen-bond donors (Lipinski definition) is 3. The maximum absolute atomic E-state index is 12.4. The lowest BCUT2D eigenvalue weighted by Gasteiger charge is -2.29.